The molecule has 4 aliphatic heterocycles. The molecule has 2 bridgehead atoms. The minimum atomic E-state index is -1.74. The van der Waals surface area contributed by atoms with Crippen molar-refractivity contribution in [3.8, 4) is 0 Å². The van der Waals surface area contributed by atoms with Gasteiger partial charge in [-0.3, -0.25) is 4.79 Å². The molecule has 3 saturated heterocycles. The Hall–Kier alpha value is -2.07. The van der Waals surface area contributed by atoms with Crippen LogP contribution in [0.3, 0.4) is 0 Å². The van der Waals surface area contributed by atoms with Crippen LogP contribution in [0.15, 0.2) is 58.7 Å². The Bertz CT molecular complexity index is 1260. The zero-order valence-electron chi connectivity index (χ0n) is 28.1. The predicted molar refractivity (Wildman–Crippen MR) is 172 cm³/mol. The van der Waals surface area contributed by atoms with E-state index in [9.17, 15) is 20.1 Å². The third-order valence-electron chi connectivity index (χ3n) is 10.7. The number of hydrogen-bond acceptors (Lipinski definition) is 8. The Morgan fingerprint density at radius 1 is 1.16 bits per heavy atom. The summed E-state index contributed by atoms with van der Waals surface area (Å²) in [6, 6.07) is 0. The molecule has 3 N–H and O–H groups in total. The molecule has 5 aliphatic rings. The van der Waals surface area contributed by atoms with Crippen LogP contribution in [0.2, 0.25) is 0 Å². The molecule has 5 rings (SSSR count). The van der Waals surface area contributed by atoms with E-state index < -0.39 is 47.7 Å². The summed E-state index contributed by atoms with van der Waals surface area (Å²) in [5, 5.41) is 34.4. The first kappa shape index (κ1) is 34.3. The van der Waals surface area contributed by atoms with Gasteiger partial charge in [0.15, 0.2) is 5.79 Å². The first-order chi connectivity index (χ1) is 21.3. The van der Waals surface area contributed by atoms with Gasteiger partial charge in [-0.1, -0.05) is 76.1 Å². The number of esters is 1. The van der Waals surface area contributed by atoms with Crippen molar-refractivity contribution in [2.45, 2.75) is 135 Å². The summed E-state index contributed by atoms with van der Waals surface area (Å²) in [5.41, 5.74) is 1.66. The third-order valence-corrected chi connectivity index (χ3v) is 10.7. The topological polar surface area (TPSA) is 115 Å². The van der Waals surface area contributed by atoms with Crippen molar-refractivity contribution >= 4 is 5.97 Å². The molecule has 250 valence electrons. The molecule has 0 aromatic carbocycles. The van der Waals surface area contributed by atoms with Gasteiger partial charge in [0.2, 0.25) is 0 Å². The number of aliphatic hydroxyl groups is 3. The van der Waals surface area contributed by atoms with Crippen LogP contribution in [0.1, 0.15) is 87.0 Å². The maximum Gasteiger partial charge on any atom is 0.316 e. The Balaban J connectivity index is 1.52. The van der Waals surface area contributed by atoms with Gasteiger partial charge in [-0.25, -0.2) is 0 Å². The maximum atomic E-state index is 14.1. The molecule has 3 fully saturated rings. The van der Waals surface area contributed by atoms with Crippen LogP contribution in [0.5, 0.6) is 0 Å². The van der Waals surface area contributed by atoms with E-state index in [-0.39, 0.29) is 43.5 Å². The van der Waals surface area contributed by atoms with Gasteiger partial charge in [0, 0.05) is 25.2 Å². The lowest BCUT2D eigenvalue weighted by molar-refractivity contribution is -0.342. The quantitative estimate of drug-likeness (QED) is 0.279. The van der Waals surface area contributed by atoms with Crippen LogP contribution < -0.4 is 0 Å². The molecule has 1 aliphatic carbocycles. The number of aliphatic hydroxyl groups excluding tert-OH is 2. The number of allylic oxidation sites excluding steroid dienone is 5. The number of fused-ring (bicyclic) bond motifs is 2. The average Bonchev–Trinajstić information content (AvgIpc) is 3.31. The van der Waals surface area contributed by atoms with Crippen molar-refractivity contribution in [1.82, 2.24) is 0 Å². The normalized spacial score (nSPS) is 43.6. The minimum absolute atomic E-state index is 0.109. The molecule has 8 nitrogen and oxygen atoms in total. The molecule has 4 heterocycles. The van der Waals surface area contributed by atoms with E-state index in [2.05, 4.69) is 52.8 Å². The first-order valence-corrected chi connectivity index (χ1v) is 16.9. The van der Waals surface area contributed by atoms with Crippen LogP contribution >= 0.6 is 0 Å². The van der Waals surface area contributed by atoms with Gasteiger partial charge in [-0.15, -0.1) is 0 Å². The standard InChI is InChI=1S/C37H54O8/c1-8-21(2)15-25(6)33-26(7)31(38)19-36(45-33)18-29-17-28(44-36)13-12-23(4)14-22(3)10-9-11-27-20-42-34-32(39)24(5)16-30(35(40)43-29)37(27,34)41/h9-12,15-16,21-22,26,28-34,38-39,41H,8,13-14,17-20H2,1-7H3. The average molecular weight is 627 g/mol. The Labute approximate surface area is 268 Å². The van der Waals surface area contributed by atoms with Crippen LogP contribution in [0, 0.1) is 23.7 Å². The van der Waals surface area contributed by atoms with E-state index in [0.717, 1.165) is 18.4 Å². The van der Waals surface area contributed by atoms with Gasteiger partial charge in [-0.2, -0.15) is 0 Å². The van der Waals surface area contributed by atoms with E-state index >= 15 is 0 Å². The highest BCUT2D eigenvalue weighted by Gasteiger charge is 2.60. The highest BCUT2D eigenvalue weighted by Crippen LogP contribution is 2.48. The summed E-state index contributed by atoms with van der Waals surface area (Å²) in [4.78, 5) is 14.1. The SMILES string of the molecule is CCC(C)C=C(C)C1OC2(CC3CC(CC=C(C)CC(C)C=CC=C4COC5C(O)C(C)=CC(C(=O)O3)C45O)O2)CC(O)C1C. The van der Waals surface area contributed by atoms with Crippen LogP contribution in [-0.4, -0.2) is 75.9 Å². The number of carbonyl (C=O) groups is 1. The molecule has 0 amide bonds. The highest BCUT2D eigenvalue weighted by molar-refractivity contribution is 5.78. The fraction of sp³-hybridized carbons (Fsp3) is 0.703. The molecule has 1 spiro atoms. The summed E-state index contributed by atoms with van der Waals surface area (Å²) in [6.07, 6.45) is 11.5. The van der Waals surface area contributed by atoms with E-state index in [1.165, 1.54) is 5.57 Å². The summed E-state index contributed by atoms with van der Waals surface area (Å²) >= 11 is 0. The number of carbonyl (C=O) groups excluding carboxylic acids is 1. The second-order valence-corrected chi connectivity index (χ2v) is 14.5. The second-order valence-electron chi connectivity index (χ2n) is 14.5. The molecule has 12 unspecified atom stereocenters. The molecule has 0 aromatic heterocycles. The van der Waals surface area contributed by atoms with Gasteiger partial charge in [-0.05, 0) is 62.2 Å². The molecule has 12 atom stereocenters. The highest BCUT2D eigenvalue weighted by atomic mass is 16.7. The molecular weight excluding hydrogens is 572 g/mol. The summed E-state index contributed by atoms with van der Waals surface area (Å²) in [5.74, 6) is -2.26. The van der Waals surface area contributed by atoms with Gasteiger partial charge < -0.3 is 34.3 Å². The van der Waals surface area contributed by atoms with Crippen molar-refractivity contribution in [1.29, 1.82) is 0 Å². The number of ether oxygens (including phenoxy) is 4. The summed E-state index contributed by atoms with van der Waals surface area (Å²) < 4.78 is 25.8. The number of hydrogen-bond donors (Lipinski definition) is 3. The smallest absolute Gasteiger partial charge is 0.316 e. The van der Waals surface area contributed by atoms with Crippen molar-refractivity contribution < 1.29 is 39.1 Å². The number of rotatable bonds is 3. The lowest BCUT2D eigenvalue weighted by Crippen LogP contribution is -2.59. The lowest BCUT2D eigenvalue weighted by atomic mass is 9.71. The fourth-order valence-corrected chi connectivity index (χ4v) is 7.89. The third kappa shape index (κ3) is 6.97. The van der Waals surface area contributed by atoms with Gasteiger partial charge in [0.05, 0.1) is 24.9 Å². The van der Waals surface area contributed by atoms with Gasteiger partial charge in [0.1, 0.15) is 29.8 Å². The molecule has 0 aromatic rings. The molecule has 0 radical (unpaired) electrons. The zero-order valence-corrected chi connectivity index (χ0v) is 28.1. The molecule has 8 heteroatoms. The Morgan fingerprint density at radius 2 is 1.91 bits per heavy atom. The van der Waals surface area contributed by atoms with Crippen LogP contribution in [0.25, 0.3) is 0 Å². The summed E-state index contributed by atoms with van der Waals surface area (Å²) in [6.45, 7) is 14.5. The largest absolute Gasteiger partial charge is 0.462 e. The molecule has 45 heavy (non-hydrogen) atoms. The van der Waals surface area contributed by atoms with E-state index in [1.54, 1.807) is 13.0 Å². The van der Waals surface area contributed by atoms with E-state index in [0.29, 0.717) is 29.9 Å². The fourth-order valence-electron chi connectivity index (χ4n) is 7.89. The molecular formula is C37H54O8. The van der Waals surface area contributed by atoms with Crippen LogP contribution in [0.4, 0.5) is 0 Å². The van der Waals surface area contributed by atoms with E-state index in [4.69, 9.17) is 18.9 Å². The lowest BCUT2D eigenvalue weighted by Gasteiger charge is -2.51. The second kappa shape index (κ2) is 13.6. The first-order valence-electron chi connectivity index (χ1n) is 16.9. The monoisotopic (exact) mass is 626 g/mol. The maximum absolute atomic E-state index is 14.1. The van der Waals surface area contributed by atoms with Crippen molar-refractivity contribution in [3.63, 3.8) is 0 Å². The van der Waals surface area contributed by atoms with Crippen LogP contribution in [-0.2, 0) is 23.7 Å². The van der Waals surface area contributed by atoms with Crippen molar-refractivity contribution in [3.05, 3.63) is 58.7 Å². The minimum Gasteiger partial charge on any atom is -0.462 e. The molecule has 0 saturated carbocycles. The Kier molecular flexibility index (Phi) is 10.3. The Morgan fingerprint density at radius 3 is 2.64 bits per heavy atom. The summed E-state index contributed by atoms with van der Waals surface area (Å²) in [7, 11) is 0. The predicted octanol–water partition coefficient (Wildman–Crippen LogP) is 5.48. The van der Waals surface area contributed by atoms with Gasteiger partial charge in [0.25, 0.3) is 0 Å². The van der Waals surface area contributed by atoms with Crippen molar-refractivity contribution in [2.24, 2.45) is 23.7 Å². The van der Waals surface area contributed by atoms with Gasteiger partial charge >= 0.3 is 5.97 Å². The van der Waals surface area contributed by atoms with Crippen molar-refractivity contribution in [2.75, 3.05) is 6.61 Å². The van der Waals surface area contributed by atoms with E-state index in [1.807, 2.05) is 19.1 Å². The zero-order chi connectivity index (χ0) is 32.7.